The van der Waals surface area contributed by atoms with E-state index >= 15 is 0 Å². The number of hydrogen-bond acceptors (Lipinski definition) is 1. The van der Waals surface area contributed by atoms with Gasteiger partial charge in [-0.3, -0.25) is 4.68 Å². The molecule has 12 heavy (non-hydrogen) atoms. The maximum atomic E-state index is 4.28. The Morgan fingerprint density at radius 2 is 2.25 bits per heavy atom. The fourth-order valence-corrected chi connectivity index (χ4v) is 1.98. The van der Waals surface area contributed by atoms with Crippen LogP contribution in [0, 0.1) is 0 Å². The van der Waals surface area contributed by atoms with Crippen molar-refractivity contribution in [3.8, 4) is 0 Å². The van der Waals surface area contributed by atoms with E-state index in [0.29, 0.717) is 6.04 Å². The van der Waals surface area contributed by atoms with Gasteiger partial charge in [-0.1, -0.05) is 15.9 Å². The maximum absolute atomic E-state index is 4.28. The van der Waals surface area contributed by atoms with Gasteiger partial charge >= 0.3 is 0 Å². The number of halogens is 2. The molecule has 0 aliphatic heterocycles. The number of alkyl halides is 1. The lowest BCUT2D eigenvalue weighted by molar-refractivity contribution is 0.512. The number of nitrogens with zero attached hydrogens (tertiary/aromatic N) is 2. The normalized spacial score (nSPS) is 11.1. The SMILES string of the molecule is CC(C)n1ncc(Br)c1CCBr. The molecule has 0 N–H and O–H groups in total. The van der Waals surface area contributed by atoms with Gasteiger partial charge in [0.05, 0.1) is 16.4 Å². The van der Waals surface area contributed by atoms with Crippen molar-refractivity contribution in [3.05, 3.63) is 16.4 Å². The first-order valence-electron chi connectivity index (χ1n) is 3.94. The largest absolute Gasteiger partial charge is 0.266 e. The lowest BCUT2D eigenvalue weighted by Crippen LogP contribution is -2.07. The lowest BCUT2D eigenvalue weighted by atomic mass is 10.3. The Morgan fingerprint density at radius 1 is 1.58 bits per heavy atom. The summed E-state index contributed by atoms with van der Waals surface area (Å²) in [6.45, 7) is 4.27. The van der Waals surface area contributed by atoms with Gasteiger partial charge in [-0.25, -0.2) is 0 Å². The van der Waals surface area contributed by atoms with Crippen LogP contribution in [0.3, 0.4) is 0 Å². The molecule has 0 aromatic carbocycles. The third-order valence-electron chi connectivity index (χ3n) is 1.67. The number of aromatic nitrogens is 2. The van der Waals surface area contributed by atoms with Gasteiger partial charge in [0.2, 0.25) is 0 Å². The van der Waals surface area contributed by atoms with Crippen molar-refractivity contribution in [2.75, 3.05) is 5.33 Å². The summed E-state index contributed by atoms with van der Waals surface area (Å²) in [4.78, 5) is 0. The molecule has 1 aromatic heterocycles. The second-order valence-corrected chi connectivity index (χ2v) is 4.56. The molecule has 0 radical (unpaired) electrons. The van der Waals surface area contributed by atoms with Gasteiger partial charge in [0.1, 0.15) is 0 Å². The molecule has 0 amide bonds. The minimum Gasteiger partial charge on any atom is -0.266 e. The molecule has 0 aliphatic rings. The van der Waals surface area contributed by atoms with Crippen LogP contribution >= 0.6 is 31.9 Å². The molecule has 0 saturated heterocycles. The standard InChI is InChI=1S/C8H12Br2N2/c1-6(2)12-8(3-4-9)7(10)5-11-12/h5-6H,3-4H2,1-2H3. The van der Waals surface area contributed by atoms with E-state index in [1.807, 2.05) is 10.9 Å². The Bertz CT molecular complexity index is 256. The predicted octanol–water partition coefficient (Wildman–Crippen LogP) is 3.16. The number of hydrogen-bond donors (Lipinski definition) is 0. The average Bonchev–Trinajstić information content (AvgIpc) is 2.34. The molecular formula is C8H12Br2N2. The molecule has 0 spiro atoms. The summed E-state index contributed by atoms with van der Waals surface area (Å²) >= 11 is 6.91. The van der Waals surface area contributed by atoms with Crippen molar-refractivity contribution in [2.24, 2.45) is 0 Å². The highest BCUT2D eigenvalue weighted by Gasteiger charge is 2.09. The van der Waals surface area contributed by atoms with Gasteiger partial charge in [-0.2, -0.15) is 5.10 Å². The van der Waals surface area contributed by atoms with Gasteiger partial charge in [0.25, 0.3) is 0 Å². The van der Waals surface area contributed by atoms with Crippen molar-refractivity contribution in [2.45, 2.75) is 26.3 Å². The highest BCUT2D eigenvalue weighted by Crippen LogP contribution is 2.20. The molecule has 0 unspecified atom stereocenters. The van der Waals surface area contributed by atoms with E-state index in [4.69, 9.17) is 0 Å². The molecule has 0 bridgehead atoms. The van der Waals surface area contributed by atoms with E-state index in [9.17, 15) is 0 Å². The first kappa shape index (κ1) is 10.3. The quantitative estimate of drug-likeness (QED) is 0.783. The van der Waals surface area contributed by atoms with Crippen molar-refractivity contribution in [3.63, 3.8) is 0 Å². The Hall–Kier alpha value is 0.170. The molecule has 0 aliphatic carbocycles. The van der Waals surface area contributed by atoms with Crippen molar-refractivity contribution in [1.82, 2.24) is 9.78 Å². The van der Waals surface area contributed by atoms with E-state index in [-0.39, 0.29) is 0 Å². The summed E-state index contributed by atoms with van der Waals surface area (Å²) in [5.74, 6) is 0. The zero-order valence-electron chi connectivity index (χ0n) is 7.22. The van der Waals surface area contributed by atoms with Gasteiger partial charge in [0.15, 0.2) is 0 Å². The van der Waals surface area contributed by atoms with Gasteiger partial charge in [-0.15, -0.1) is 0 Å². The van der Waals surface area contributed by atoms with E-state index in [2.05, 4.69) is 50.8 Å². The third-order valence-corrected chi connectivity index (χ3v) is 2.73. The summed E-state index contributed by atoms with van der Waals surface area (Å²) in [7, 11) is 0. The first-order chi connectivity index (χ1) is 5.66. The van der Waals surface area contributed by atoms with Crippen LogP contribution in [0.15, 0.2) is 10.7 Å². The van der Waals surface area contributed by atoms with E-state index in [1.54, 1.807) is 0 Å². The van der Waals surface area contributed by atoms with Crippen molar-refractivity contribution in [1.29, 1.82) is 0 Å². The molecule has 0 saturated carbocycles. The molecule has 4 heteroatoms. The molecule has 68 valence electrons. The second kappa shape index (κ2) is 4.42. The average molecular weight is 296 g/mol. The predicted molar refractivity (Wildman–Crippen MR) is 57.8 cm³/mol. The molecule has 0 atom stereocenters. The minimum absolute atomic E-state index is 0.436. The Labute approximate surface area is 89.6 Å². The summed E-state index contributed by atoms with van der Waals surface area (Å²) in [5.41, 5.74) is 1.27. The van der Waals surface area contributed by atoms with Gasteiger partial charge in [0, 0.05) is 17.8 Å². The monoisotopic (exact) mass is 294 g/mol. The summed E-state index contributed by atoms with van der Waals surface area (Å²) < 4.78 is 3.15. The molecule has 1 aromatic rings. The Morgan fingerprint density at radius 3 is 2.75 bits per heavy atom. The van der Waals surface area contributed by atoms with Crippen LogP contribution in [0.25, 0.3) is 0 Å². The fourth-order valence-electron chi connectivity index (χ4n) is 1.13. The lowest BCUT2D eigenvalue weighted by Gasteiger charge is -2.09. The molecule has 1 rings (SSSR count). The van der Waals surface area contributed by atoms with Crippen LogP contribution in [-0.4, -0.2) is 15.1 Å². The molecular weight excluding hydrogens is 284 g/mol. The minimum atomic E-state index is 0.436. The zero-order chi connectivity index (χ0) is 9.14. The van der Waals surface area contributed by atoms with E-state index in [1.165, 1.54) is 5.69 Å². The fraction of sp³-hybridized carbons (Fsp3) is 0.625. The van der Waals surface area contributed by atoms with Gasteiger partial charge < -0.3 is 0 Å². The van der Waals surface area contributed by atoms with E-state index < -0.39 is 0 Å². The number of rotatable bonds is 3. The Kier molecular flexibility index (Phi) is 3.77. The van der Waals surface area contributed by atoms with Crippen LogP contribution in [0.5, 0.6) is 0 Å². The summed E-state index contributed by atoms with van der Waals surface area (Å²) in [6, 6.07) is 0.436. The van der Waals surface area contributed by atoms with E-state index in [0.717, 1.165) is 16.2 Å². The van der Waals surface area contributed by atoms with Crippen LogP contribution in [-0.2, 0) is 6.42 Å². The zero-order valence-corrected chi connectivity index (χ0v) is 10.4. The van der Waals surface area contributed by atoms with Crippen molar-refractivity contribution >= 4 is 31.9 Å². The topological polar surface area (TPSA) is 17.8 Å². The van der Waals surface area contributed by atoms with Crippen LogP contribution in [0.2, 0.25) is 0 Å². The van der Waals surface area contributed by atoms with Crippen LogP contribution in [0.1, 0.15) is 25.6 Å². The molecule has 0 fully saturated rings. The summed E-state index contributed by atoms with van der Waals surface area (Å²) in [6.07, 6.45) is 2.87. The second-order valence-electron chi connectivity index (χ2n) is 2.92. The highest BCUT2D eigenvalue weighted by molar-refractivity contribution is 9.10. The van der Waals surface area contributed by atoms with Crippen LogP contribution < -0.4 is 0 Å². The van der Waals surface area contributed by atoms with Crippen LogP contribution in [0.4, 0.5) is 0 Å². The highest BCUT2D eigenvalue weighted by atomic mass is 79.9. The first-order valence-corrected chi connectivity index (χ1v) is 5.86. The molecule has 1 heterocycles. The smallest absolute Gasteiger partial charge is 0.0635 e. The maximum Gasteiger partial charge on any atom is 0.0635 e. The third kappa shape index (κ3) is 2.10. The molecule has 2 nitrogen and oxygen atoms in total. The Balaban J connectivity index is 2.95. The van der Waals surface area contributed by atoms with Gasteiger partial charge in [-0.05, 0) is 29.8 Å². The van der Waals surface area contributed by atoms with Crippen molar-refractivity contribution < 1.29 is 0 Å². The summed E-state index contributed by atoms with van der Waals surface area (Å²) in [5, 5.41) is 5.26.